The average Bonchev–Trinajstić information content (AvgIpc) is 2.36. The predicted molar refractivity (Wildman–Crippen MR) is 69.4 cm³/mol. The first-order valence-electron chi connectivity index (χ1n) is 6.42. The molecule has 1 aromatic carbocycles. The van der Waals surface area contributed by atoms with Gasteiger partial charge in [-0.3, -0.25) is 0 Å². The van der Waals surface area contributed by atoms with Crippen LogP contribution in [0.15, 0.2) is 18.2 Å². The van der Waals surface area contributed by atoms with Crippen molar-refractivity contribution in [2.24, 2.45) is 5.92 Å². The lowest BCUT2D eigenvalue weighted by atomic mass is 9.72. The lowest BCUT2D eigenvalue weighted by Gasteiger charge is -2.36. The van der Waals surface area contributed by atoms with E-state index in [0.717, 1.165) is 0 Å². The molecule has 1 aromatic rings. The van der Waals surface area contributed by atoms with E-state index in [4.69, 9.17) is 4.74 Å². The molecule has 0 aliphatic rings. The SMILES string of the molecule is CCC(CC(C)C)(C(=O)[O-])c1ccc(F)c(OC)c1. The molecule has 0 radical (unpaired) electrons. The minimum Gasteiger partial charge on any atom is -0.549 e. The molecule has 0 aromatic heterocycles. The van der Waals surface area contributed by atoms with Crippen LogP contribution < -0.4 is 9.84 Å². The zero-order chi connectivity index (χ0) is 14.6. The van der Waals surface area contributed by atoms with Gasteiger partial charge in [0.05, 0.1) is 13.1 Å². The number of ether oxygens (including phenoxy) is 1. The summed E-state index contributed by atoms with van der Waals surface area (Å²) in [6.07, 6.45) is 0.836. The molecule has 1 unspecified atom stereocenters. The van der Waals surface area contributed by atoms with Crippen molar-refractivity contribution in [1.82, 2.24) is 0 Å². The monoisotopic (exact) mass is 267 g/mol. The summed E-state index contributed by atoms with van der Waals surface area (Å²) in [4.78, 5) is 11.6. The van der Waals surface area contributed by atoms with Gasteiger partial charge in [-0.05, 0) is 36.5 Å². The van der Waals surface area contributed by atoms with Crippen molar-refractivity contribution in [2.45, 2.75) is 39.0 Å². The highest BCUT2D eigenvalue weighted by Crippen LogP contribution is 2.36. The third kappa shape index (κ3) is 3.06. The quantitative estimate of drug-likeness (QED) is 0.794. The molecule has 0 bridgehead atoms. The number of carbonyl (C=O) groups is 1. The molecule has 0 aliphatic carbocycles. The predicted octanol–water partition coefficient (Wildman–Crippen LogP) is 2.28. The summed E-state index contributed by atoms with van der Waals surface area (Å²) in [6, 6.07) is 4.19. The molecule has 0 saturated carbocycles. The summed E-state index contributed by atoms with van der Waals surface area (Å²) in [6.45, 7) is 5.70. The van der Waals surface area contributed by atoms with Crippen LogP contribution in [0.4, 0.5) is 4.39 Å². The molecule has 0 aliphatic heterocycles. The number of hydrogen-bond acceptors (Lipinski definition) is 3. The number of carboxylic acid groups (broad SMARTS) is 1. The minimum atomic E-state index is -1.13. The first kappa shape index (κ1) is 15.5. The van der Waals surface area contributed by atoms with Crippen molar-refractivity contribution in [3.63, 3.8) is 0 Å². The smallest absolute Gasteiger partial charge is 0.165 e. The second-order valence-corrected chi connectivity index (χ2v) is 5.17. The number of halogens is 1. The van der Waals surface area contributed by atoms with E-state index in [1.54, 1.807) is 6.92 Å². The van der Waals surface area contributed by atoms with Crippen LogP contribution in [-0.2, 0) is 10.2 Å². The first-order valence-corrected chi connectivity index (χ1v) is 6.42. The van der Waals surface area contributed by atoms with Gasteiger partial charge in [-0.2, -0.15) is 0 Å². The van der Waals surface area contributed by atoms with Gasteiger partial charge in [0.15, 0.2) is 11.6 Å². The van der Waals surface area contributed by atoms with Crippen LogP contribution in [0.2, 0.25) is 0 Å². The van der Waals surface area contributed by atoms with Crippen LogP contribution in [0.5, 0.6) is 5.75 Å². The Hall–Kier alpha value is -1.58. The zero-order valence-corrected chi connectivity index (χ0v) is 11.8. The molecule has 0 spiro atoms. The van der Waals surface area contributed by atoms with Crippen molar-refractivity contribution in [2.75, 3.05) is 7.11 Å². The molecule has 0 N–H and O–H groups in total. The van der Waals surface area contributed by atoms with E-state index in [1.807, 2.05) is 13.8 Å². The second-order valence-electron chi connectivity index (χ2n) is 5.17. The number of benzene rings is 1. The van der Waals surface area contributed by atoms with Crippen LogP contribution in [0.25, 0.3) is 0 Å². The van der Waals surface area contributed by atoms with Crippen molar-refractivity contribution < 1.29 is 19.0 Å². The Balaban J connectivity index is 3.35. The molecule has 0 saturated heterocycles. The van der Waals surface area contributed by atoms with Crippen molar-refractivity contribution >= 4 is 5.97 Å². The van der Waals surface area contributed by atoms with Gasteiger partial charge in [0, 0.05) is 5.41 Å². The molecule has 4 heteroatoms. The van der Waals surface area contributed by atoms with Gasteiger partial charge in [-0.25, -0.2) is 4.39 Å². The molecule has 0 amide bonds. The van der Waals surface area contributed by atoms with Gasteiger partial charge < -0.3 is 14.6 Å². The Kier molecular flexibility index (Phi) is 4.92. The van der Waals surface area contributed by atoms with E-state index >= 15 is 0 Å². The molecule has 0 heterocycles. The average molecular weight is 267 g/mol. The Morgan fingerprint density at radius 1 is 1.47 bits per heavy atom. The van der Waals surface area contributed by atoms with E-state index in [0.29, 0.717) is 18.4 Å². The third-order valence-electron chi connectivity index (χ3n) is 3.45. The standard InChI is InChI=1S/C15H21FO3/c1-5-15(14(17)18,9-10(2)3)11-6-7-12(16)13(8-11)19-4/h6-8,10H,5,9H2,1-4H3,(H,17,18)/p-1. The molecule has 0 fully saturated rings. The summed E-state index contributed by atoms with van der Waals surface area (Å²) in [7, 11) is 1.36. The molecule has 1 rings (SSSR count). The zero-order valence-electron chi connectivity index (χ0n) is 11.8. The van der Waals surface area contributed by atoms with Crippen molar-refractivity contribution in [3.05, 3.63) is 29.6 Å². The molecular formula is C15H20FO3-. The molecule has 1 atom stereocenters. The van der Waals surface area contributed by atoms with E-state index < -0.39 is 17.2 Å². The van der Waals surface area contributed by atoms with Crippen molar-refractivity contribution in [1.29, 1.82) is 0 Å². The van der Waals surface area contributed by atoms with E-state index in [2.05, 4.69) is 0 Å². The first-order chi connectivity index (χ1) is 8.87. The Morgan fingerprint density at radius 3 is 2.53 bits per heavy atom. The topological polar surface area (TPSA) is 49.4 Å². The summed E-state index contributed by atoms with van der Waals surface area (Å²) >= 11 is 0. The number of carbonyl (C=O) groups excluding carboxylic acids is 1. The van der Waals surface area contributed by atoms with Gasteiger partial charge in [-0.15, -0.1) is 0 Å². The molecular weight excluding hydrogens is 247 g/mol. The van der Waals surface area contributed by atoms with Crippen LogP contribution in [0.1, 0.15) is 39.2 Å². The maximum Gasteiger partial charge on any atom is 0.165 e. The number of rotatable bonds is 6. The second kappa shape index (κ2) is 6.04. The molecule has 19 heavy (non-hydrogen) atoms. The van der Waals surface area contributed by atoms with Crippen LogP contribution in [-0.4, -0.2) is 13.1 Å². The van der Waals surface area contributed by atoms with E-state index in [9.17, 15) is 14.3 Å². The normalized spacial score (nSPS) is 14.2. The number of hydrogen-bond donors (Lipinski definition) is 0. The maximum absolute atomic E-state index is 13.4. The highest BCUT2D eigenvalue weighted by atomic mass is 19.1. The largest absolute Gasteiger partial charge is 0.549 e. The summed E-state index contributed by atoms with van der Waals surface area (Å²) in [5.74, 6) is -1.38. The lowest BCUT2D eigenvalue weighted by molar-refractivity contribution is -0.314. The minimum absolute atomic E-state index is 0.0559. The lowest BCUT2D eigenvalue weighted by Crippen LogP contribution is -2.46. The number of carboxylic acids is 1. The van der Waals surface area contributed by atoms with Gasteiger partial charge >= 0.3 is 0 Å². The van der Waals surface area contributed by atoms with Gasteiger partial charge in [0.2, 0.25) is 0 Å². The highest BCUT2D eigenvalue weighted by Gasteiger charge is 2.33. The number of methoxy groups -OCH3 is 1. The Labute approximate surface area is 113 Å². The number of aliphatic carboxylic acids is 1. The van der Waals surface area contributed by atoms with Gasteiger partial charge in [0.25, 0.3) is 0 Å². The molecule has 106 valence electrons. The van der Waals surface area contributed by atoms with Crippen LogP contribution in [0, 0.1) is 11.7 Å². The third-order valence-corrected chi connectivity index (χ3v) is 3.45. The summed E-state index contributed by atoms with van der Waals surface area (Å²) in [5, 5.41) is 11.6. The maximum atomic E-state index is 13.4. The van der Waals surface area contributed by atoms with Gasteiger partial charge in [0.1, 0.15) is 0 Å². The van der Waals surface area contributed by atoms with Crippen molar-refractivity contribution in [3.8, 4) is 5.75 Å². The fourth-order valence-corrected chi connectivity index (χ4v) is 2.47. The highest BCUT2D eigenvalue weighted by molar-refractivity contribution is 5.79. The Bertz CT molecular complexity index is 457. The van der Waals surface area contributed by atoms with Crippen LogP contribution in [0.3, 0.4) is 0 Å². The molecule has 3 nitrogen and oxygen atoms in total. The fourth-order valence-electron chi connectivity index (χ4n) is 2.47. The van der Waals surface area contributed by atoms with E-state index in [-0.39, 0.29) is 11.7 Å². The Morgan fingerprint density at radius 2 is 2.11 bits per heavy atom. The van der Waals surface area contributed by atoms with E-state index in [1.165, 1.54) is 25.3 Å². The van der Waals surface area contributed by atoms with Gasteiger partial charge in [-0.1, -0.05) is 26.8 Å². The fraction of sp³-hybridized carbons (Fsp3) is 0.533. The summed E-state index contributed by atoms with van der Waals surface area (Å²) < 4.78 is 18.4. The summed E-state index contributed by atoms with van der Waals surface area (Å²) in [5.41, 5.74) is -0.572. The van der Waals surface area contributed by atoms with Crippen LogP contribution >= 0.6 is 0 Å².